The minimum Gasteiger partial charge on any atom is -0.342 e. The summed E-state index contributed by atoms with van der Waals surface area (Å²) in [5.41, 5.74) is 3.46. The predicted molar refractivity (Wildman–Crippen MR) is 127 cm³/mol. The number of carbonyl (C=O) groups is 2. The van der Waals surface area contributed by atoms with Gasteiger partial charge in [0.15, 0.2) is 0 Å². The Morgan fingerprint density at radius 3 is 2.28 bits per heavy atom. The first kappa shape index (κ1) is 23.9. The minimum absolute atomic E-state index is 0.0885. The van der Waals surface area contributed by atoms with Crippen LogP contribution in [0.1, 0.15) is 52.1 Å². The molecule has 1 fully saturated rings. The zero-order valence-corrected chi connectivity index (χ0v) is 19.7. The SMILES string of the molecule is CCC(CC)C(=O)N1CCC(N(C)Cc2cnc(-c3ccc(NC(C)=O)cc3)cn2)CC1. The molecule has 2 amide bonds. The molecule has 0 spiro atoms. The van der Waals surface area contributed by atoms with Crippen molar-refractivity contribution in [1.29, 1.82) is 0 Å². The number of aromatic nitrogens is 2. The summed E-state index contributed by atoms with van der Waals surface area (Å²) in [5.74, 6) is 0.400. The lowest BCUT2D eigenvalue weighted by Gasteiger charge is -2.37. The summed E-state index contributed by atoms with van der Waals surface area (Å²) in [6.45, 7) is 8.10. The molecule has 0 saturated carbocycles. The van der Waals surface area contributed by atoms with Crippen molar-refractivity contribution in [1.82, 2.24) is 19.8 Å². The molecule has 1 aliphatic heterocycles. The van der Waals surface area contributed by atoms with E-state index in [0.29, 0.717) is 11.9 Å². The highest BCUT2D eigenvalue weighted by molar-refractivity contribution is 5.88. The van der Waals surface area contributed by atoms with Gasteiger partial charge in [0.25, 0.3) is 0 Å². The van der Waals surface area contributed by atoms with Crippen molar-refractivity contribution in [2.75, 3.05) is 25.5 Å². The van der Waals surface area contributed by atoms with E-state index in [1.54, 1.807) is 6.20 Å². The molecule has 1 aromatic carbocycles. The molecule has 7 heteroatoms. The number of rotatable bonds is 8. The summed E-state index contributed by atoms with van der Waals surface area (Å²) in [6.07, 6.45) is 7.46. The molecule has 1 aliphatic rings. The van der Waals surface area contributed by atoms with Crippen LogP contribution in [0, 0.1) is 5.92 Å². The fraction of sp³-hybridized carbons (Fsp3) is 0.520. The van der Waals surface area contributed by atoms with Crippen molar-refractivity contribution in [2.24, 2.45) is 5.92 Å². The molecule has 172 valence electrons. The Balaban J connectivity index is 1.52. The van der Waals surface area contributed by atoms with Crippen molar-refractivity contribution < 1.29 is 9.59 Å². The number of hydrogen-bond acceptors (Lipinski definition) is 5. The maximum Gasteiger partial charge on any atom is 0.225 e. The van der Waals surface area contributed by atoms with Crippen LogP contribution in [0.5, 0.6) is 0 Å². The molecule has 0 bridgehead atoms. The van der Waals surface area contributed by atoms with Crippen LogP contribution in [-0.2, 0) is 16.1 Å². The summed E-state index contributed by atoms with van der Waals surface area (Å²) in [6, 6.07) is 8.03. The molecule has 0 unspecified atom stereocenters. The molecule has 2 aromatic rings. The highest BCUT2D eigenvalue weighted by atomic mass is 16.2. The lowest BCUT2D eigenvalue weighted by atomic mass is 9.98. The molecule has 3 rings (SSSR count). The summed E-state index contributed by atoms with van der Waals surface area (Å²) >= 11 is 0. The van der Waals surface area contributed by atoms with E-state index < -0.39 is 0 Å². The van der Waals surface area contributed by atoms with Gasteiger partial charge in [-0.05, 0) is 44.9 Å². The summed E-state index contributed by atoms with van der Waals surface area (Å²) in [4.78, 5) is 37.3. The van der Waals surface area contributed by atoms with Gasteiger partial charge in [-0.1, -0.05) is 26.0 Å². The highest BCUT2D eigenvalue weighted by Gasteiger charge is 2.28. The third-order valence-electron chi connectivity index (χ3n) is 6.35. The van der Waals surface area contributed by atoms with E-state index in [4.69, 9.17) is 0 Å². The maximum atomic E-state index is 12.6. The third-order valence-corrected chi connectivity index (χ3v) is 6.35. The van der Waals surface area contributed by atoms with E-state index in [2.05, 4.69) is 41.1 Å². The van der Waals surface area contributed by atoms with Crippen LogP contribution in [0.2, 0.25) is 0 Å². The van der Waals surface area contributed by atoms with Gasteiger partial charge < -0.3 is 10.2 Å². The Kier molecular flexibility index (Phi) is 8.33. The first-order valence-electron chi connectivity index (χ1n) is 11.6. The average molecular weight is 438 g/mol. The topological polar surface area (TPSA) is 78.4 Å². The lowest BCUT2D eigenvalue weighted by Crippen LogP contribution is -2.47. The number of likely N-dealkylation sites (tertiary alicyclic amines) is 1. The van der Waals surface area contributed by atoms with Crippen LogP contribution in [0.25, 0.3) is 11.3 Å². The molecule has 32 heavy (non-hydrogen) atoms. The number of amides is 2. The molecular weight excluding hydrogens is 402 g/mol. The Labute approximate surface area is 191 Å². The minimum atomic E-state index is -0.0885. The van der Waals surface area contributed by atoms with E-state index in [9.17, 15) is 9.59 Å². The van der Waals surface area contributed by atoms with Crippen LogP contribution in [0.3, 0.4) is 0 Å². The van der Waals surface area contributed by atoms with E-state index in [-0.39, 0.29) is 11.8 Å². The van der Waals surface area contributed by atoms with Crippen molar-refractivity contribution in [3.63, 3.8) is 0 Å². The second kappa shape index (κ2) is 11.2. The van der Waals surface area contributed by atoms with Crippen molar-refractivity contribution in [2.45, 2.75) is 59.0 Å². The van der Waals surface area contributed by atoms with Gasteiger partial charge >= 0.3 is 0 Å². The monoisotopic (exact) mass is 437 g/mol. The Morgan fingerprint density at radius 2 is 1.75 bits per heavy atom. The molecule has 0 radical (unpaired) electrons. The number of piperidine rings is 1. The van der Waals surface area contributed by atoms with E-state index >= 15 is 0 Å². The number of carbonyl (C=O) groups excluding carboxylic acids is 2. The van der Waals surface area contributed by atoms with Gasteiger partial charge in [-0.3, -0.25) is 24.5 Å². The molecule has 0 aliphatic carbocycles. The molecule has 0 atom stereocenters. The van der Waals surface area contributed by atoms with E-state index in [0.717, 1.165) is 68.0 Å². The fourth-order valence-corrected chi connectivity index (χ4v) is 4.32. The van der Waals surface area contributed by atoms with Crippen LogP contribution in [0.4, 0.5) is 5.69 Å². The third kappa shape index (κ3) is 6.13. The highest BCUT2D eigenvalue weighted by Crippen LogP contribution is 2.22. The molecule has 1 aromatic heterocycles. The Morgan fingerprint density at radius 1 is 1.09 bits per heavy atom. The number of hydrogen-bond donors (Lipinski definition) is 1. The Bertz CT molecular complexity index is 886. The van der Waals surface area contributed by atoms with Crippen LogP contribution in [0.15, 0.2) is 36.7 Å². The lowest BCUT2D eigenvalue weighted by molar-refractivity contribution is -0.137. The van der Waals surface area contributed by atoms with Crippen molar-refractivity contribution >= 4 is 17.5 Å². The van der Waals surface area contributed by atoms with Gasteiger partial charge in [-0.25, -0.2) is 0 Å². The maximum absolute atomic E-state index is 12.6. The first-order chi connectivity index (χ1) is 15.4. The molecular formula is C25H35N5O2. The van der Waals surface area contributed by atoms with Crippen molar-refractivity contribution in [3.05, 3.63) is 42.4 Å². The number of benzene rings is 1. The van der Waals surface area contributed by atoms with Gasteiger partial charge in [0.2, 0.25) is 11.8 Å². The zero-order chi connectivity index (χ0) is 23.1. The van der Waals surface area contributed by atoms with E-state index in [1.807, 2.05) is 35.4 Å². The number of anilines is 1. The average Bonchev–Trinajstić information content (AvgIpc) is 2.80. The predicted octanol–water partition coefficient (Wildman–Crippen LogP) is 3.96. The second-order valence-electron chi connectivity index (χ2n) is 8.64. The molecule has 1 saturated heterocycles. The molecule has 7 nitrogen and oxygen atoms in total. The van der Waals surface area contributed by atoms with Gasteiger partial charge in [-0.2, -0.15) is 0 Å². The van der Waals surface area contributed by atoms with Crippen LogP contribution < -0.4 is 5.32 Å². The first-order valence-corrected chi connectivity index (χ1v) is 11.6. The van der Waals surface area contributed by atoms with Gasteiger partial charge in [0.05, 0.1) is 23.8 Å². The summed E-state index contributed by atoms with van der Waals surface area (Å²) in [5, 5.41) is 2.76. The largest absolute Gasteiger partial charge is 0.342 e. The standard InChI is InChI=1S/C25H35N5O2/c1-5-19(6-2)25(32)30-13-11-23(12-14-30)29(4)17-22-15-27-24(16-26-22)20-7-9-21(10-8-20)28-18(3)31/h7-10,15-16,19,23H,5-6,11-14,17H2,1-4H3,(H,28,31). The van der Waals surface area contributed by atoms with Gasteiger partial charge in [0, 0.05) is 49.8 Å². The van der Waals surface area contributed by atoms with Gasteiger partial charge in [-0.15, -0.1) is 0 Å². The van der Waals surface area contributed by atoms with Crippen LogP contribution >= 0.6 is 0 Å². The quantitative estimate of drug-likeness (QED) is 0.676. The van der Waals surface area contributed by atoms with E-state index in [1.165, 1.54) is 6.92 Å². The second-order valence-corrected chi connectivity index (χ2v) is 8.64. The number of nitrogens with zero attached hydrogens (tertiary/aromatic N) is 4. The summed E-state index contributed by atoms with van der Waals surface area (Å²) in [7, 11) is 2.12. The smallest absolute Gasteiger partial charge is 0.225 e. The number of nitrogens with one attached hydrogen (secondary N) is 1. The molecule has 1 N–H and O–H groups in total. The zero-order valence-electron chi connectivity index (χ0n) is 19.7. The van der Waals surface area contributed by atoms with Crippen molar-refractivity contribution in [3.8, 4) is 11.3 Å². The van der Waals surface area contributed by atoms with Gasteiger partial charge in [0.1, 0.15) is 0 Å². The van der Waals surface area contributed by atoms with Crippen LogP contribution in [-0.4, -0.2) is 57.8 Å². The summed E-state index contributed by atoms with van der Waals surface area (Å²) < 4.78 is 0. The Hall–Kier alpha value is -2.80. The molecule has 2 heterocycles. The fourth-order valence-electron chi connectivity index (χ4n) is 4.32. The normalized spacial score (nSPS) is 14.8.